The quantitative estimate of drug-likeness (QED) is 0.793. The van der Waals surface area contributed by atoms with Crippen molar-refractivity contribution < 1.29 is 0 Å². The van der Waals surface area contributed by atoms with Gasteiger partial charge in [0.1, 0.15) is 6.17 Å². The first-order chi connectivity index (χ1) is 10.1. The molecule has 4 N–H and O–H groups in total. The zero-order valence-electron chi connectivity index (χ0n) is 12.3. The van der Waals surface area contributed by atoms with E-state index in [-0.39, 0.29) is 12.1 Å². The van der Waals surface area contributed by atoms with Crippen LogP contribution in [0.15, 0.2) is 34.3 Å². The van der Waals surface area contributed by atoms with Gasteiger partial charge in [-0.05, 0) is 31.0 Å². The molecule has 114 valence electrons. The molecular formula is C15H22ClN5. The Kier molecular flexibility index (Phi) is 5.44. The van der Waals surface area contributed by atoms with Crippen molar-refractivity contribution in [2.24, 2.45) is 21.5 Å². The highest BCUT2D eigenvalue weighted by Gasteiger charge is 2.25. The van der Waals surface area contributed by atoms with Crippen molar-refractivity contribution in [1.82, 2.24) is 0 Å². The predicted octanol–water partition coefficient (Wildman–Crippen LogP) is 3.09. The van der Waals surface area contributed by atoms with Crippen LogP contribution in [0.25, 0.3) is 0 Å². The van der Waals surface area contributed by atoms with E-state index in [0.29, 0.717) is 11.0 Å². The summed E-state index contributed by atoms with van der Waals surface area (Å²) in [5.74, 6) is 0.608. The molecule has 0 saturated heterocycles. The lowest BCUT2D eigenvalue weighted by Crippen LogP contribution is -2.48. The molecule has 1 heterocycles. The van der Waals surface area contributed by atoms with E-state index in [2.05, 4.69) is 16.9 Å². The van der Waals surface area contributed by atoms with Crippen LogP contribution in [-0.4, -0.2) is 18.1 Å². The summed E-state index contributed by atoms with van der Waals surface area (Å²) in [6, 6.07) is 7.53. The maximum absolute atomic E-state index is 6.07. The lowest BCUT2D eigenvalue weighted by Gasteiger charge is -2.32. The highest BCUT2D eigenvalue weighted by atomic mass is 35.5. The van der Waals surface area contributed by atoms with Gasteiger partial charge in [-0.25, -0.2) is 4.99 Å². The van der Waals surface area contributed by atoms with E-state index < -0.39 is 0 Å². The largest absolute Gasteiger partial charge is 0.369 e. The average Bonchev–Trinajstić information content (AvgIpc) is 2.43. The van der Waals surface area contributed by atoms with E-state index in [4.69, 9.17) is 23.1 Å². The van der Waals surface area contributed by atoms with Gasteiger partial charge in [0.2, 0.25) is 11.9 Å². The van der Waals surface area contributed by atoms with Crippen molar-refractivity contribution in [3.8, 4) is 0 Å². The van der Waals surface area contributed by atoms with Crippen LogP contribution in [-0.2, 0) is 0 Å². The number of benzene rings is 1. The molecule has 6 heteroatoms. The van der Waals surface area contributed by atoms with Crippen molar-refractivity contribution in [3.63, 3.8) is 0 Å². The maximum atomic E-state index is 6.07. The molecule has 0 bridgehead atoms. The molecule has 0 unspecified atom stereocenters. The molecule has 1 aliphatic heterocycles. The van der Waals surface area contributed by atoms with Gasteiger partial charge in [-0.2, -0.15) is 4.99 Å². The molecule has 0 radical (unpaired) electrons. The van der Waals surface area contributed by atoms with E-state index in [9.17, 15) is 0 Å². The number of hydrogen-bond donors (Lipinski definition) is 2. The maximum Gasteiger partial charge on any atom is 0.220 e. The average molecular weight is 308 g/mol. The van der Waals surface area contributed by atoms with Crippen molar-refractivity contribution in [1.29, 1.82) is 0 Å². The Hall–Kier alpha value is -1.75. The van der Waals surface area contributed by atoms with Gasteiger partial charge in [-0.15, -0.1) is 0 Å². The van der Waals surface area contributed by atoms with Crippen LogP contribution in [0.4, 0.5) is 5.69 Å². The molecule has 2 rings (SSSR count). The minimum absolute atomic E-state index is 0.113. The molecule has 0 fully saturated rings. The smallest absolute Gasteiger partial charge is 0.220 e. The monoisotopic (exact) mass is 307 g/mol. The summed E-state index contributed by atoms with van der Waals surface area (Å²) in [6.07, 6.45) is 5.48. The molecule has 1 aliphatic rings. The minimum atomic E-state index is -0.113. The standard InChI is InChI=1S/C15H22ClN5/c1-2-3-4-5-9-13-19-14(17)20-15(18)21(13)12-8-6-7-11(16)10-12/h6-8,10,13H,2-5,9H2,1H3,(H4,17,18,19,20)/t13-/m1/s1. The molecule has 5 nitrogen and oxygen atoms in total. The highest BCUT2D eigenvalue weighted by molar-refractivity contribution is 6.31. The molecular weight excluding hydrogens is 286 g/mol. The van der Waals surface area contributed by atoms with Crippen molar-refractivity contribution in [2.75, 3.05) is 4.90 Å². The normalized spacial score (nSPS) is 18.4. The summed E-state index contributed by atoms with van der Waals surface area (Å²) < 4.78 is 0. The van der Waals surface area contributed by atoms with Crippen molar-refractivity contribution in [3.05, 3.63) is 29.3 Å². The fraction of sp³-hybridized carbons (Fsp3) is 0.467. The second kappa shape index (κ2) is 7.31. The number of rotatable bonds is 6. The van der Waals surface area contributed by atoms with Crippen molar-refractivity contribution in [2.45, 2.75) is 45.2 Å². The van der Waals surface area contributed by atoms with Gasteiger partial charge in [-0.1, -0.05) is 43.9 Å². The fourth-order valence-electron chi connectivity index (χ4n) is 2.44. The zero-order chi connectivity index (χ0) is 15.2. The van der Waals surface area contributed by atoms with Crippen LogP contribution < -0.4 is 16.4 Å². The molecule has 0 spiro atoms. The number of aliphatic imine (C=N–C) groups is 2. The van der Waals surface area contributed by atoms with E-state index in [1.165, 1.54) is 19.3 Å². The lowest BCUT2D eigenvalue weighted by molar-refractivity contribution is 0.554. The summed E-state index contributed by atoms with van der Waals surface area (Å²) in [7, 11) is 0. The summed E-state index contributed by atoms with van der Waals surface area (Å²) in [6.45, 7) is 2.19. The van der Waals surface area contributed by atoms with Crippen LogP contribution in [0.2, 0.25) is 5.02 Å². The van der Waals surface area contributed by atoms with E-state index >= 15 is 0 Å². The molecule has 1 atom stereocenters. The Bertz CT molecular complexity index is 541. The van der Waals surface area contributed by atoms with Gasteiger partial charge in [0.15, 0.2) is 0 Å². The van der Waals surface area contributed by atoms with Crippen LogP contribution in [0, 0.1) is 0 Å². The SMILES string of the molecule is CCCCCC[C@@H]1N=C(N)N=C(N)N1c1cccc(Cl)c1. The van der Waals surface area contributed by atoms with Gasteiger partial charge in [-0.3, -0.25) is 4.90 Å². The second-order valence-electron chi connectivity index (χ2n) is 5.14. The number of unbranched alkanes of at least 4 members (excludes halogenated alkanes) is 3. The van der Waals surface area contributed by atoms with Crippen LogP contribution >= 0.6 is 11.6 Å². The van der Waals surface area contributed by atoms with E-state index in [1.54, 1.807) is 0 Å². The number of nitrogens with zero attached hydrogens (tertiary/aromatic N) is 3. The first-order valence-corrected chi connectivity index (χ1v) is 7.72. The number of nitrogens with two attached hydrogens (primary N) is 2. The summed E-state index contributed by atoms with van der Waals surface area (Å²) in [5, 5.41) is 0.660. The van der Waals surface area contributed by atoms with Gasteiger partial charge < -0.3 is 11.5 Å². The Balaban J connectivity index is 2.16. The molecule has 21 heavy (non-hydrogen) atoms. The van der Waals surface area contributed by atoms with Crippen LogP contribution in [0.3, 0.4) is 0 Å². The first kappa shape index (κ1) is 15.6. The van der Waals surface area contributed by atoms with Crippen LogP contribution in [0.5, 0.6) is 0 Å². The van der Waals surface area contributed by atoms with E-state index in [0.717, 1.165) is 18.5 Å². The van der Waals surface area contributed by atoms with Crippen LogP contribution in [0.1, 0.15) is 39.0 Å². The summed E-state index contributed by atoms with van der Waals surface area (Å²) >= 11 is 6.07. The van der Waals surface area contributed by atoms with Gasteiger partial charge in [0.25, 0.3) is 0 Å². The van der Waals surface area contributed by atoms with Gasteiger partial charge in [0, 0.05) is 10.7 Å². The topological polar surface area (TPSA) is 80.0 Å². The highest BCUT2D eigenvalue weighted by Crippen LogP contribution is 2.25. The Labute approximate surface area is 130 Å². The third kappa shape index (κ3) is 4.11. The third-order valence-corrected chi connectivity index (χ3v) is 3.69. The molecule has 0 saturated carbocycles. The van der Waals surface area contributed by atoms with Gasteiger partial charge >= 0.3 is 0 Å². The summed E-state index contributed by atoms with van der Waals surface area (Å²) in [4.78, 5) is 10.4. The Morgan fingerprint density at radius 2 is 2.05 bits per heavy atom. The Morgan fingerprint density at radius 3 is 2.76 bits per heavy atom. The number of anilines is 1. The molecule has 0 aromatic heterocycles. The predicted molar refractivity (Wildman–Crippen MR) is 89.7 cm³/mol. The Morgan fingerprint density at radius 1 is 1.24 bits per heavy atom. The number of hydrogen-bond acceptors (Lipinski definition) is 5. The first-order valence-electron chi connectivity index (χ1n) is 7.34. The second-order valence-corrected chi connectivity index (χ2v) is 5.57. The number of guanidine groups is 2. The number of halogens is 1. The fourth-order valence-corrected chi connectivity index (χ4v) is 2.63. The molecule has 0 amide bonds. The lowest BCUT2D eigenvalue weighted by atomic mass is 10.1. The van der Waals surface area contributed by atoms with Crippen molar-refractivity contribution >= 4 is 29.2 Å². The van der Waals surface area contributed by atoms with Gasteiger partial charge in [0.05, 0.1) is 0 Å². The zero-order valence-corrected chi connectivity index (χ0v) is 13.1. The molecule has 0 aliphatic carbocycles. The third-order valence-electron chi connectivity index (χ3n) is 3.46. The minimum Gasteiger partial charge on any atom is -0.369 e. The molecule has 1 aromatic rings. The summed E-state index contributed by atoms with van der Waals surface area (Å²) in [5.41, 5.74) is 12.7. The molecule has 1 aromatic carbocycles. The van der Waals surface area contributed by atoms with E-state index in [1.807, 2.05) is 29.2 Å².